The summed E-state index contributed by atoms with van der Waals surface area (Å²) in [4.78, 5) is 6.55. The molecule has 0 spiro atoms. The molecule has 4 N–H and O–H groups in total. The highest BCUT2D eigenvalue weighted by Gasteiger charge is 2.18. The third-order valence-electron chi connectivity index (χ3n) is 4.49. The van der Waals surface area contributed by atoms with Crippen molar-refractivity contribution in [3.8, 4) is 0 Å². The number of guanidine groups is 1. The SMILES string of the molecule is CCCCCCNC(N)=NCC(O)CN1CCc2ccccc2C1.I. The first-order chi connectivity index (χ1) is 11.7. The van der Waals surface area contributed by atoms with Gasteiger partial charge in [-0.3, -0.25) is 9.89 Å². The number of halogens is 1. The zero-order chi connectivity index (χ0) is 17.2. The number of fused-ring (bicyclic) bond motifs is 1. The molecule has 0 saturated heterocycles. The summed E-state index contributed by atoms with van der Waals surface area (Å²) >= 11 is 0. The second kappa shape index (κ2) is 12.5. The molecule has 0 aromatic heterocycles. The van der Waals surface area contributed by atoms with Gasteiger partial charge in [-0.05, 0) is 24.0 Å². The highest BCUT2D eigenvalue weighted by Crippen LogP contribution is 2.18. The van der Waals surface area contributed by atoms with Gasteiger partial charge in [0, 0.05) is 26.2 Å². The number of aliphatic hydroxyl groups excluding tert-OH is 1. The molecule has 1 atom stereocenters. The van der Waals surface area contributed by atoms with Crippen molar-refractivity contribution in [3.63, 3.8) is 0 Å². The Morgan fingerprint density at radius 1 is 1.28 bits per heavy atom. The monoisotopic (exact) mass is 460 g/mol. The average Bonchev–Trinajstić information content (AvgIpc) is 2.59. The molecule has 0 aliphatic carbocycles. The van der Waals surface area contributed by atoms with E-state index in [-0.39, 0.29) is 24.0 Å². The summed E-state index contributed by atoms with van der Waals surface area (Å²) in [5, 5.41) is 13.3. The van der Waals surface area contributed by atoms with E-state index in [9.17, 15) is 5.11 Å². The van der Waals surface area contributed by atoms with Crippen LogP contribution in [0.2, 0.25) is 0 Å². The fraction of sp³-hybridized carbons (Fsp3) is 0.632. The van der Waals surface area contributed by atoms with E-state index < -0.39 is 6.10 Å². The van der Waals surface area contributed by atoms with Crippen LogP contribution in [0.3, 0.4) is 0 Å². The summed E-state index contributed by atoms with van der Waals surface area (Å²) < 4.78 is 0. The van der Waals surface area contributed by atoms with E-state index in [1.54, 1.807) is 0 Å². The molecule has 1 unspecified atom stereocenters. The van der Waals surface area contributed by atoms with Crippen LogP contribution in [-0.4, -0.2) is 48.2 Å². The molecule has 1 aliphatic heterocycles. The Bertz CT molecular complexity index is 524. The molecule has 0 bridgehead atoms. The van der Waals surface area contributed by atoms with Crippen LogP contribution >= 0.6 is 24.0 Å². The number of nitrogens with two attached hydrogens (primary N) is 1. The van der Waals surface area contributed by atoms with E-state index in [0.29, 0.717) is 19.0 Å². The molecule has 5 nitrogen and oxygen atoms in total. The lowest BCUT2D eigenvalue weighted by Gasteiger charge is -2.30. The van der Waals surface area contributed by atoms with Crippen molar-refractivity contribution in [2.45, 2.75) is 51.7 Å². The minimum absolute atomic E-state index is 0. The Morgan fingerprint density at radius 3 is 2.80 bits per heavy atom. The molecule has 0 amide bonds. The van der Waals surface area contributed by atoms with Crippen LogP contribution < -0.4 is 11.1 Å². The number of rotatable bonds is 9. The zero-order valence-corrected chi connectivity index (χ0v) is 17.6. The maximum absolute atomic E-state index is 10.2. The van der Waals surface area contributed by atoms with Crippen LogP contribution in [0.15, 0.2) is 29.3 Å². The number of aliphatic imine (C=N–C) groups is 1. The number of benzene rings is 1. The summed E-state index contributed by atoms with van der Waals surface area (Å²) in [6.07, 6.45) is 5.40. The van der Waals surface area contributed by atoms with Gasteiger partial charge in [0.1, 0.15) is 0 Å². The third-order valence-corrected chi connectivity index (χ3v) is 4.49. The van der Waals surface area contributed by atoms with Crippen molar-refractivity contribution >= 4 is 29.9 Å². The van der Waals surface area contributed by atoms with Crippen LogP contribution in [0.5, 0.6) is 0 Å². The second-order valence-electron chi connectivity index (χ2n) is 6.62. The molecule has 0 radical (unpaired) electrons. The van der Waals surface area contributed by atoms with Gasteiger partial charge in [0.15, 0.2) is 5.96 Å². The molecule has 0 fully saturated rings. The van der Waals surface area contributed by atoms with Crippen LogP contribution in [0.1, 0.15) is 43.7 Å². The molecule has 1 aromatic rings. The van der Waals surface area contributed by atoms with Crippen molar-refractivity contribution in [3.05, 3.63) is 35.4 Å². The molecule has 142 valence electrons. The standard InChI is InChI=1S/C19H32N4O.HI/c1-2-3-4-7-11-21-19(20)22-13-18(24)15-23-12-10-16-8-5-6-9-17(16)14-23;/h5-6,8-9,18,24H,2-4,7,10-15H2,1H3,(H3,20,21,22);1H. The van der Waals surface area contributed by atoms with Gasteiger partial charge in [-0.25, -0.2) is 0 Å². The lowest BCUT2D eigenvalue weighted by molar-refractivity contribution is 0.112. The lowest BCUT2D eigenvalue weighted by atomic mass is 10.00. The van der Waals surface area contributed by atoms with Crippen molar-refractivity contribution < 1.29 is 5.11 Å². The summed E-state index contributed by atoms with van der Waals surface area (Å²) in [6.45, 7) is 5.94. The minimum Gasteiger partial charge on any atom is -0.390 e. The number of aliphatic hydroxyl groups is 1. The molecule has 2 rings (SSSR count). The normalized spacial score (nSPS) is 16.0. The van der Waals surface area contributed by atoms with E-state index in [4.69, 9.17) is 5.73 Å². The Morgan fingerprint density at radius 2 is 2.04 bits per heavy atom. The number of nitrogens with zero attached hydrogens (tertiary/aromatic N) is 2. The number of unbranched alkanes of at least 4 members (excludes halogenated alkanes) is 3. The predicted molar refractivity (Wildman–Crippen MR) is 115 cm³/mol. The Hall–Kier alpha value is -0.860. The van der Waals surface area contributed by atoms with Gasteiger partial charge >= 0.3 is 0 Å². The molecule has 25 heavy (non-hydrogen) atoms. The van der Waals surface area contributed by atoms with Crippen molar-refractivity contribution in [1.82, 2.24) is 10.2 Å². The van der Waals surface area contributed by atoms with E-state index in [1.165, 1.54) is 30.4 Å². The predicted octanol–water partition coefficient (Wildman–Crippen LogP) is 2.51. The van der Waals surface area contributed by atoms with Gasteiger partial charge in [0.25, 0.3) is 0 Å². The Labute approximate surface area is 169 Å². The van der Waals surface area contributed by atoms with Gasteiger partial charge < -0.3 is 16.2 Å². The zero-order valence-electron chi connectivity index (χ0n) is 15.3. The lowest BCUT2D eigenvalue weighted by Crippen LogP contribution is -2.39. The van der Waals surface area contributed by atoms with Crippen LogP contribution in [0, 0.1) is 0 Å². The van der Waals surface area contributed by atoms with E-state index >= 15 is 0 Å². The van der Waals surface area contributed by atoms with Gasteiger partial charge in [-0.1, -0.05) is 50.5 Å². The quantitative estimate of drug-likeness (QED) is 0.229. The number of β-amino-alcohol motifs (C(OH)–C–C–N with tert-alkyl or cyclic N) is 1. The summed E-state index contributed by atoms with van der Waals surface area (Å²) in [6, 6.07) is 8.54. The van der Waals surface area contributed by atoms with Gasteiger partial charge in [0.05, 0.1) is 12.6 Å². The van der Waals surface area contributed by atoms with E-state index in [0.717, 1.165) is 32.5 Å². The minimum atomic E-state index is -0.476. The molecule has 6 heteroatoms. The maximum Gasteiger partial charge on any atom is 0.188 e. The summed E-state index contributed by atoms with van der Waals surface area (Å²) in [5.41, 5.74) is 8.64. The van der Waals surface area contributed by atoms with Crippen LogP contribution in [0.25, 0.3) is 0 Å². The first-order valence-corrected chi connectivity index (χ1v) is 9.20. The maximum atomic E-state index is 10.2. The van der Waals surface area contributed by atoms with Crippen LogP contribution in [-0.2, 0) is 13.0 Å². The number of hydrogen-bond donors (Lipinski definition) is 3. The smallest absolute Gasteiger partial charge is 0.188 e. The highest BCUT2D eigenvalue weighted by atomic mass is 127. The largest absolute Gasteiger partial charge is 0.390 e. The van der Waals surface area contributed by atoms with Crippen molar-refractivity contribution in [2.75, 3.05) is 26.2 Å². The van der Waals surface area contributed by atoms with Crippen LogP contribution in [0.4, 0.5) is 0 Å². The number of hydrogen-bond acceptors (Lipinski definition) is 3. The highest BCUT2D eigenvalue weighted by molar-refractivity contribution is 14.0. The summed E-state index contributed by atoms with van der Waals surface area (Å²) in [7, 11) is 0. The first kappa shape index (κ1) is 22.2. The van der Waals surface area contributed by atoms with Crippen molar-refractivity contribution in [1.29, 1.82) is 0 Å². The molecule has 0 saturated carbocycles. The summed E-state index contributed by atoms with van der Waals surface area (Å²) in [5.74, 6) is 0.439. The van der Waals surface area contributed by atoms with Gasteiger partial charge in [-0.2, -0.15) is 0 Å². The Kier molecular flexibility index (Phi) is 11.1. The number of nitrogens with one attached hydrogen (secondary N) is 1. The Balaban J connectivity index is 0.00000312. The van der Waals surface area contributed by atoms with E-state index in [1.807, 2.05) is 0 Å². The molecule has 1 aliphatic rings. The molecular weight excluding hydrogens is 427 g/mol. The molecular formula is C19H33IN4O. The van der Waals surface area contributed by atoms with Gasteiger partial charge in [0.2, 0.25) is 0 Å². The average molecular weight is 460 g/mol. The first-order valence-electron chi connectivity index (χ1n) is 9.20. The third kappa shape index (κ3) is 8.37. The van der Waals surface area contributed by atoms with E-state index in [2.05, 4.69) is 46.4 Å². The topological polar surface area (TPSA) is 73.9 Å². The molecule has 1 aromatic carbocycles. The second-order valence-corrected chi connectivity index (χ2v) is 6.62. The van der Waals surface area contributed by atoms with Crippen molar-refractivity contribution in [2.24, 2.45) is 10.7 Å². The fourth-order valence-corrected chi connectivity index (χ4v) is 3.09. The fourth-order valence-electron chi connectivity index (χ4n) is 3.09. The van der Waals surface area contributed by atoms with Gasteiger partial charge in [-0.15, -0.1) is 24.0 Å². The molecule has 1 heterocycles.